The van der Waals surface area contributed by atoms with E-state index >= 15 is 0 Å². The summed E-state index contributed by atoms with van der Waals surface area (Å²) in [6, 6.07) is 23.2. The van der Waals surface area contributed by atoms with E-state index in [4.69, 9.17) is 9.47 Å². The molecule has 0 saturated heterocycles. The molecular formula is C24H21NO4. The number of hydrogen-bond acceptors (Lipinski definition) is 3. The second-order valence-corrected chi connectivity index (χ2v) is 6.79. The van der Waals surface area contributed by atoms with E-state index < -0.39 is 5.97 Å². The van der Waals surface area contributed by atoms with Crippen molar-refractivity contribution in [3.63, 3.8) is 0 Å². The highest BCUT2D eigenvalue weighted by Gasteiger charge is 2.11. The van der Waals surface area contributed by atoms with Crippen LogP contribution in [0.15, 0.2) is 79.0 Å². The van der Waals surface area contributed by atoms with Crippen molar-refractivity contribution >= 4 is 16.9 Å². The summed E-state index contributed by atoms with van der Waals surface area (Å²) in [6.07, 6.45) is 1.94. The Bertz CT molecular complexity index is 1150. The van der Waals surface area contributed by atoms with Crippen LogP contribution in [0.4, 0.5) is 0 Å². The van der Waals surface area contributed by atoms with E-state index in [1.54, 1.807) is 7.11 Å². The molecule has 5 nitrogen and oxygen atoms in total. The first-order valence-corrected chi connectivity index (χ1v) is 9.32. The van der Waals surface area contributed by atoms with Gasteiger partial charge in [-0.3, -0.25) is 4.79 Å². The third kappa shape index (κ3) is 4.24. The maximum absolute atomic E-state index is 11.2. The number of benzene rings is 3. The number of aliphatic carboxylic acids is 1. The monoisotopic (exact) mass is 387 g/mol. The number of rotatable bonds is 7. The predicted molar refractivity (Wildman–Crippen MR) is 112 cm³/mol. The smallest absolute Gasteiger partial charge is 0.307 e. The first kappa shape index (κ1) is 18.6. The van der Waals surface area contributed by atoms with Gasteiger partial charge in [0.2, 0.25) is 0 Å². The summed E-state index contributed by atoms with van der Waals surface area (Å²) in [5.41, 5.74) is 2.96. The summed E-state index contributed by atoms with van der Waals surface area (Å²) in [7, 11) is 1.63. The Hall–Kier alpha value is -3.73. The van der Waals surface area contributed by atoms with Gasteiger partial charge in [-0.05, 0) is 41.5 Å². The third-order valence-corrected chi connectivity index (χ3v) is 4.77. The van der Waals surface area contributed by atoms with Gasteiger partial charge in [-0.15, -0.1) is 0 Å². The summed E-state index contributed by atoms with van der Waals surface area (Å²) in [5, 5.41) is 10.2. The van der Waals surface area contributed by atoms with Crippen LogP contribution in [0.2, 0.25) is 0 Å². The fraction of sp³-hybridized carbons (Fsp3) is 0.125. The Balaban J connectivity index is 1.54. The number of carbonyl (C=O) groups is 1. The lowest BCUT2D eigenvalue weighted by atomic mass is 10.1. The third-order valence-electron chi connectivity index (χ3n) is 4.77. The molecule has 0 aliphatic heterocycles. The van der Waals surface area contributed by atoms with E-state index in [0.717, 1.165) is 33.5 Å². The molecule has 0 radical (unpaired) electrons. The van der Waals surface area contributed by atoms with E-state index in [1.807, 2.05) is 79.0 Å². The number of aromatic nitrogens is 1. The van der Waals surface area contributed by atoms with E-state index in [9.17, 15) is 9.90 Å². The molecule has 1 aromatic heterocycles. The number of fused-ring (bicyclic) bond motifs is 1. The summed E-state index contributed by atoms with van der Waals surface area (Å²) in [6.45, 7) is 0.652. The average molecular weight is 387 g/mol. The molecule has 0 unspecified atom stereocenters. The lowest BCUT2D eigenvalue weighted by Crippen LogP contribution is -2.00. The van der Waals surface area contributed by atoms with E-state index in [0.29, 0.717) is 12.3 Å². The van der Waals surface area contributed by atoms with Crippen molar-refractivity contribution in [1.29, 1.82) is 0 Å². The largest absolute Gasteiger partial charge is 0.497 e. The lowest BCUT2D eigenvalue weighted by molar-refractivity contribution is -0.136. The lowest BCUT2D eigenvalue weighted by Gasteiger charge is -2.09. The van der Waals surface area contributed by atoms with Gasteiger partial charge in [-0.1, -0.05) is 36.4 Å². The molecule has 0 saturated carbocycles. The van der Waals surface area contributed by atoms with Crippen molar-refractivity contribution < 1.29 is 19.4 Å². The Morgan fingerprint density at radius 1 is 0.931 bits per heavy atom. The number of carboxylic acids is 1. The molecule has 146 valence electrons. The maximum atomic E-state index is 11.2. The Morgan fingerprint density at radius 2 is 1.69 bits per heavy atom. The van der Waals surface area contributed by atoms with Gasteiger partial charge in [-0.2, -0.15) is 0 Å². The van der Waals surface area contributed by atoms with Crippen molar-refractivity contribution in [2.75, 3.05) is 7.11 Å². The topological polar surface area (TPSA) is 60.7 Å². The van der Waals surface area contributed by atoms with Crippen LogP contribution in [-0.2, 0) is 17.8 Å². The second kappa shape index (κ2) is 8.10. The first-order chi connectivity index (χ1) is 14.1. The molecule has 5 heteroatoms. The Morgan fingerprint density at radius 3 is 2.45 bits per heavy atom. The molecule has 1 heterocycles. The van der Waals surface area contributed by atoms with Crippen LogP contribution in [0.3, 0.4) is 0 Å². The van der Waals surface area contributed by atoms with Crippen molar-refractivity contribution in [2.45, 2.75) is 13.0 Å². The zero-order valence-electron chi connectivity index (χ0n) is 16.0. The van der Waals surface area contributed by atoms with E-state index in [2.05, 4.69) is 4.57 Å². The van der Waals surface area contributed by atoms with Crippen LogP contribution in [0, 0.1) is 0 Å². The van der Waals surface area contributed by atoms with Gasteiger partial charge in [0, 0.05) is 29.7 Å². The van der Waals surface area contributed by atoms with E-state index in [-0.39, 0.29) is 6.42 Å². The van der Waals surface area contributed by atoms with Gasteiger partial charge in [0.15, 0.2) is 0 Å². The summed E-state index contributed by atoms with van der Waals surface area (Å²) < 4.78 is 13.2. The number of ether oxygens (including phenoxy) is 2. The molecule has 0 aliphatic rings. The predicted octanol–water partition coefficient (Wildman–Crippen LogP) is 5.12. The molecule has 29 heavy (non-hydrogen) atoms. The summed E-state index contributed by atoms with van der Waals surface area (Å²) in [4.78, 5) is 11.2. The molecule has 0 bridgehead atoms. The fourth-order valence-corrected chi connectivity index (χ4v) is 3.42. The zero-order valence-corrected chi connectivity index (χ0v) is 16.0. The molecule has 0 amide bonds. The molecule has 3 aromatic carbocycles. The molecule has 0 spiro atoms. The molecule has 0 aliphatic carbocycles. The Kier molecular flexibility index (Phi) is 5.20. The van der Waals surface area contributed by atoms with Crippen molar-refractivity contribution in [3.8, 4) is 17.2 Å². The minimum Gasteiger partial charge on any atom is -0.497 e. The van der Waals surface area contributed by atoms with Crippen LogP contribution in [0.25, 0.3) is 10.9 Å². The first-order valence-electron chi connectivity index (χ1n) is 9.32. The van der Waals surface area contributed by atoms with Crippen LogP contribution >= 0.6 is 0 Å². The highest BCUT2D eigenvalue weighted by Crippen LogP contribution is 2.26. The minimum atomic E-state index is -0.827. The van der Waals surface area contributed by atoms with Crippen LogP contribution in [0.1, 0.15) is 11.1 Å². The highest BCUT2D eigenvalue weighted by atomic mass is 16.5. The average Bonchev–Trinajstić information content (AvgIpc) is 3.06. The normalized spacial score (nSPS) is 10.8. The van der Waals surface area contributed by atoms with Gasteiger partial charge in [0.1, 0.15) is 17.2 Å². The van der Waals surface area contributed by atoms with Crippen molar-refractivity contribution in [3.05, 3.63) is 90.1 Å². The number of methoxy groups -OCH3 is 1. The highest BCUT2D eigenvalue weighted by molar-refractivity contribution is 5.87. The fourth-order valence-electron chi connectivity index (χ4n) is 3.42. The maximum Gasteiger partial charge on any atom is 0.307 e. The summed E-state index contributed by atoms with van der Waals surface area (Å²) in [5.74, 6) is 1.38. The number of hydrogen-bond donors (Lipinski definition) is 1. The Labute approximate surface area is 168 Å². The van der Waals surface area contributed by atoms with Crippen LogP contribution < -0.4 is 9.47 Å². The molecule has 0 atom stereocenters. The minimum absolute atomic E-state index is 0.0147. The standard InChI is InChI=1S/C24H21NO4/c1-28-20-5-4-6-21(14-20)29-19-11-9-17(10-12-19)15-25-16-18(13-24(26)27)22-7-2-3-8-23(22)25/h2-12,14,16H,13,15H2,1H3,(H,26,27). The summed E-state index contributed by atoms with van der Waals surface area (Å²) >= 11 is 0. The molecular weight excluding hydrogens is 366 g/mol. The number of carboxylic acid groups (broad SMARTS) is 1. The quantitative estimate of drug-likeness (QED) is 0.478. The SMILES string of the molecule is COc1cccc(Oc2ccc(Cn3cc(CC(=O)O)c4ccccc43)cc2)c1. The molecule has 0 fully saturated rings. The van der Waals surface area contributed by atoms with Crippen LogP contribution in [0.5, 0.6) is 17.2 Å². The van der Waals surface area contributed by atoms with Crippen LogP contribution in [-0.4, -0.2) is 22.8 Å². The van der Waals surface area contributed by atoms with Crippen molar-refractivity contribution in [1.82, 2.24) is 4.57 Å². The molecule has 4 rings (SSSR count). The molecule has 4 aromatic rings. The van der Waals surface area contributed by atoms with Gasteiger partial charge < -0.3 is 19.1 Å². The van der Waals surface area contributed by atoms with Gasteiger partial charge in [0.05, 0.1) is 13.5 Å². The molecule has 1 N–H and O–H groups in total. The second-order valence-electron chi connectivity index (χ2n) is 6.79. The van der Waals surface area contributed by atoms with Gasteiger partial charge in [-0.25, -0.2) is 0 Å². The van der Waals surface area contributed by atoms with Crippen molar-refractivity contribution in [2.24, 2.45) is 0 Å². The van der Waals surface area contributed by atoms with Gasteiger partial charge >= 0.3 is 5.97 Å². The zero-order chi connectivity index (χ0) is 20.2. The van der Waals surface area contributed by atoms with Gasteiger partial charge in [0.25, 0.3) is 0 Å². The number of nitrogens with zero attached hydrogens (tertiary/aromatic N) is 1. The van der Waals surface area contributed by atoms with E-state index in [1.165, 1.54) is 0 Å². The number of para-hydroxylation sites is 1.